The van der Waals surface area contributed by atoms with Crippen LogP contribution in [0.1, 0.15) is 23.6 Å². The van der Waals surface area contributed by atoms with E-state index in [4.69, 9.17) is 25.8 Å². The third kappa shape index (κ3) is 4.22. The van der Waals surface area contributed by atoms with Crippen LogP contribution < -0.4 is 9.47 Å². The van der Waals surface area contributed by atoms with Crippen molar-refractivity contribution in [2.75, 3.05) is 13.3 Å². The van der Waals surface area contributed by atoms with Crippen molar-refractivity contribution in [1.82, 2.24) is 4.90 Å². The SMILES string of the molecule is C[C@@H](OC(=O)/C=C/c1cc(Cl)c2c(c1)OCO2)C(=O)N1CCc2ccccc2C1. The summed E-state index contributed by atoms with van der Waals surface area (Å²) >= 11 is 6.13. The van der Waals surface area contributed by atoms with E-state index in [-0.39, 0.29) is 12.7 Å². The minimum Gasteiger partial charge on any atom is -0.454 e. The van der Waals surface area contributed by atoms with Gasteiger partial charge in [-0.05, 0) is 48.2 Å². The topological polar surface area (TPSA) is 65.1 Å². The van der Waals surface area contributed by atoms with Crippen LogP contribution in [0.2, 0.25) is 5.02 Å². The van der Waals surface area contributed by atoms with E-state index in [0.717, 1.165) is 12.0 Å². The van der Waals surface area contributed by atoms with Gasteiger partial charge in [-0.2, -0.15) is 0 Å². The van der Waals surface area contributed by atoms with Gasteiger partial charge in [0, 0.05) is 19.2 Å². The number of nitrogens with zero attached hydrogens (tertiary/aromatic N) is 1. The summed E-state index contributed by atoms with van der Waals surface area (Å²) in [7, 11) is 0. The molecule has 2 heterocycles. The van der Waals surface area contributed by atoms with Gasteiger partial charge in [-0.15, -0.1) is 0 Å². The van der Waals surface area contributed by atoms with Gasteiger partial charge < -0.3 is 19.1 Å². The molecule has 7 heteroatoms. The van der Waals surface area contributed by atoms with Crippen LogP contribution in [0.4, 0.5) is 0 Å². The molecule has 0 unspecified atom stereocenters. The predicted octanol–water partition coefficient (Wildman–Crippen LogP) is 3.60. The molecule has 0 radical (unpaired) electrons. The summed E-state index contributed by atoms with van der Waals surface area (Å²) in [5.41, 5.74) is 3.06. The molecule has 150 valence electrons. The van der Waals surface area contributed by atoms with E-state index < -0.39 is 12.1 Å². The number of halogens is 1. The smallest absolute Gasteiger partial charge is 0.331 e. The lowest BCUT2D eigenvalue weighted by molar-refractivity contribution is -0.155. The summed E-state index contributed by atoms with van der Waals surface area (Å²) in [5.74, 6) is 0.220. The maximum Gasteiger partial charge on any atom is 0.331 e. The second-order valence-corrected chi connectivity index (χ2v) is 7.33. The molecular formula is C22H20ClNO5. The quantitative estimate of drug-likeness (QED) is 0.566. The maximum atomic E-state index is 12.7. The molecule has 0 spiro atoms. The molecular weight excluding hydrogens is 394 g/mol. The number of esters is 1. The number of fused-ring (bicyclic) bond motifs is 2. The monoisotopic (exact) mass is 413 g/mol. The number of hydrogen-bond donors (Lipinski definition) is 0. The number of ether oxygens (including phenoxy) is 3. The minimum atomic E-state index is -0.863. The van der Waals surface area contributed by atoms with Crippen LogP contribution >= 0.6 is 11.6 Å². The molecule has 4 rings (SSSR count). The fourth-order valence-electron chi connectivity index (χ4n) is 3.45. The van der Waals surface area contributed by atoms with Gasteiger partial charge in [0.2, 0.25) is 6.79 Å². The Bertz CT molecular complexity index is 987. The molecule has 2 aromatic rings. The first-order chi connectivity index (χ1) is 14.0. The average Bonchev–Trinajstić information content (AvgIpc) is 3.20. The fraction of sp³-hybridized carbons (Fsp3) is 0.273. The van der Waals surface area contributed by atoms with Gasteiger partial charge in [-0.25, -0.2) is 4.79 Å². The Morgan fingerprint density at radius 1 is 1.21 bits per heavy atom. The first kappa shape index (κ1) is 19.3. The van der Waals surface area contributed by atoms with E-state index in [0.29, 0.717) is 35.2 Å². The van der Waals surface area contributed by atoms with Crippen molar-refractivity contribution in [3.63, 3.8) is 0 Å². The average molecular weight is 414 g/mol. The van der Waals surface area contributed by atoms with Crippen molar-refractivity contribution in [3.05, 3.63) is 64.2 Å². The van der Waals surface area contributed by atoms with Crippen molar-refractivity contribution >= 4 is 29.6 Å². The number of carbonyl (C=O) groups is 2. The molecule has 0 aromatic heterocycles. The van der Waals surface area contributed by atoms with Crippen molar-refractivity contribution < 1.29 is 23.8 Å². The number of rotatable bonds is 4. The fourth-order valence-corrected chi connectivity index (χ4v) is 3.73. The van der Waals surface area contributed by atoms with Crippen LogP contribution in [0.5, 0.6) is 11.5 Å². The third-order valence-electron chi connectivity index (χ3n) is 4.94. The lowest BCUT2D eigenvalue weighted by atomic mass is 9.99. The largest absolute Gasteiger partial charge is 0.454 e. The van der Waals surface area contributed by atoms with Crippen LogP contribution in [0.3, 0.4) is 0 Å². The zero-order valence-electron chi connectivity index (χ0n) is 15.9. The Balaban J connectivity index is 1.35. The van der Waals surface area contributed by atoms with Crippen LogP contribution in [-0.4, -0.2) is 36.2 Å². The van der Waals surface area contributed by atoms with Crippen molar-refractivity contribution in [1.29, 1.82) is 0 Å². The molecule has 6 nitrogen and oxygen atoms in total. The van der Waals surface area contributed by atoms with E-state index in [1.165, 1.54) is 11.6 Å². The summed E-state index contributed by atoms with van der Waals surface area (Å²) in [6.45, 7) is 2.85. The molecule has 2 aliphatic heterocycles. The zero-order chi connectivity index (χ0) is 20.4. The van der Waals surface area contributed by atoms with E-state index in [9.17, 15) is 9.59 Å². The molecule has 29 heavy (non-hydrogen) atoms. The number of hydrogen-bond acceptors (Lipinski definition) is 5. The Hall–Kier alpha value is -2.99. The summed E-state index contributed by atoms with van der Waals surface area (Å²) in [4.78, 5) is 26.6. The third-order valence-corrected chi connectivity index (χ3v) is 5.23. The Kier molecular flexibility index (Phi) is 5.45. The molecule has 0 saturated heterocycles. The van der Waals surface area contributed by atoms with Gasteiger partial charge in [0.25, 0.3) is 5.91 Å². The van der Waals surface area contributed by atoms with Crippen LogP contribution in [0.25, 0.3) is 6.08 Å². The number of carbonyl (C=O) groups excluding carboxylic acids is 2. The second kappa shape index (κ2) is 8.17. The molecule has 2 aromatic carbocycles. The van der Waals surface area contributed by atoms with E-state index in [2.05, 4.69) is 6.07 Å². The Morgan fingerprint density at radius 3 is 2.83 bits per heavy atom. The first-order valence-corrected chi connectivity index (χ1v) is 9.72. The highest BCUT2D eigenvalue weighted by Gasteiger charge is 2.26. The van der Waals surface area contributed by atoms with Crippen molar-refractivity contribution in [3.8, 4) is 11.5 Å². The van der Waals surface area contributed by atoms with E-state index in [1.807, 2.05) is 18.2 Å². The summed E-state index contributed by atoms with van der Waals surface area (Å²) in [6.07, 6.45) is 2.76. The van der Waals surface area contributed by atoms with Crippen LogP contribution in [-0.2, 0) is 27.3 Å². The van der Waals surface area contributed by atoms with Gasteiger partial charge in [0.1, 0.15) is 0 Å². The highest BCUT2D eigenvalue weighted by molar-refractivity contribution is 6.32. The van der Waals surface area contributed by atoms with Gasteiger partial charge in [0.15, 0.2) is 17.6 Å². The van der Waals surface area contributed by atoms with Gasteiger partial charge in [0.05, 0.1) is 5.02 Å². The first-order valence-electron chi connectivity index (χ1n) is 9.34. The predicted molar refractivity (Wildman–Crippen MR) is 108 cm³/mol. The minimum absolute atomic E-state index is 0.116. The molecule has 0 saturated carbocycles. The molecule has 2 aliphatic rings. The van der Waals surface area contributed by atoms with Gasteiger partial charge >= 0.3 is 5.97 Å². The number of amides is 1. The standard InChI is InChI=1S/C22H20ClNO5/c1-14(22(26)24-9-8-16-4-2-3-5-17(16)12-24)29-20(25)7-6-15-10-18(23)21-19(11-15)27-13-28-21/h2-7,10-11,14H,8-9,12-13H2,1H3/b7-6+/t14-/m1/s1. The second-order valence-electron chi connectivity index (χ2n) is 6.93. The molecule has 0 aliphatic carbocycles. The normalized spacial score (nSPS) is 15.9. The summed E-state index contributed by atoms with van der Waals surface area (Å²) in [5, 5.41) is 0.405. The zero-order valence-corrected chi connectivity index (χ0v) is 16.6. The van der Waals surface area contributed by atoms with Gasteiger partial charge in [-0.3, -0.25) is 4.79 Å². The highest BCUT2D eigenvalue weighted by Crippen LogP contribution is 2.40. The van der Waals surface area contributed by atoms with Gasteiger partial charge in [-0.1, -0.05) is 35.9 Å². The molecule has 0 bridgehead atoms. The van der Waals surface area contributed by atoms with Crippen molar-refractivity contribution in [2.45, 2.75) is 26.0 Å². The van der Waals surface area contributed by atoms with E-state index in [1.54, 1.807) is 30.0 Å². The molecule has 0 N–H and O–H groups in total. The molecule has 1 atom stereocenters. The molecule has 1 amide bonds. The Labute approximate surface area is 173 Å². The summed E-state index contributed by atoms with van der Waals surface area (Å²) < 4.78 is 15.9. The van der Waals surface area contributed by atoms with Crippen molar-refractivity contribution in [2.24, 2.45) is 0 Å². The highest BCUT2D eigenvalue weighted by atomic mass is 35.5. The molecule has 0 fully saturated rings. The lowest BCUT2D eigenvalue weighted by Crippen LogP contribution is -2.42. The van der Waals surface area contributed by atoms with Crippen LogP contribution in [0, 0.1) is 0 Å². The Morgan fingerprint density at radius 2 is 2.00 bits per heavy atom. The lowest BCUT2D eigenvalue weighted by Gasteiger charge is -2.30. The number of benzene rings is 2. The maximum absolute atomic E-state index is 12.7. The summed E-state index contributed by atoms with van der Waals surface area (Å²) in [6, 6.07) is 11.4. The van der Waals surface area contributed by atoms with E-state index >= 15 is 0 Å². The van der Waals surface area contributed by atoms with Crippen LogP contribution in [0.15, 0.2) is 42.5 Å².